The highest BCUT2D eigenvalue weighted by molar-refractivity contribution is 6.74. The number of hydrogen-bond donors (Lipinski definition) is 3. The molecule has 2 rings (SSSR count). The molecule has 1 heterocycles. The summed E-state index contributed by atoms with van der Waals surface area (Å²) in [6, 6.07) is 3.86. The van der Waals surface area contributed by atoms with Gasteiger partial charge in [-0.3, -0.25) is 4.79 Å². The lowest BCUT2D eigenvalue weighted by atomic mass is 9.96. The first-order valence-electron chi connectivity index (χ1n) is 26.3. The van der Waals surface area contributed by atoms with Gasteiger partial charge >= 0.3 is 5.97 Å². The third-order valence-electron chi connectivity index (χ3n) is 13.4. The van der Waals surface area contributed by atoms with Gasteiger partial charge in [0.05, 0.1) is 25.4 Å². The fourth-order valence-corrected chi connectivity index (χ4v) is 8.99. The van der Waals surface area contributed by atoms with Crippen molar-refractivity contribution in [3.8, 4) is 11.5 Å². The first-order chi connectivity index (χ1) is 30.7. The van der Waals surface area contributed by atoms with Crippen molar-refractivity contribution >= 4 is 20.2 Å². The predicted molar refractivity (Wildman–Crippen MR) is 265 cm³/mol. The Morgan fingerprint density at radius 3 is 1.55 bits per heavy atom. The minimum Gasteiger partial charge on any atom is -0.490 e. The number of carbonyl (C=O) groups is 2. The standard InChI is InChI=1S/C53H97NO9Si/c1-9-12-15-18-21-24-25-26-27-30-33-36-47(55)54-48-50(49(56)46(62-52(48)58)42-61-64(7,8)53(4,5)6)63-51(57)43-37-38-44(59-39-34-31-28-22-19-16-13-10-2)45(41-43)60-40-35-32-29-23-20-17-14-11-3/h37-38,41,46,48-50,52,56,58H,9-36,39-40,42H2,1-8H3,(H,54,55)/t46-,48-,49-,50-,52?/m1/s1. The van der Waals surface area contributed by atoms with Crippen molar-refractivity contribution in [3.05, 3.63) is 23.8 Å². The molecule has 1 amide bonds. The molecule has 64 heavy (non-hydrogen) atoms. The quantitative estimate of drug-likeness (QED) is 0.0337. The maximum atomic E-state index is 14.1. The van der Waals surface area contributed by atoms with Crippen LogP contribution in [0.25, 0.3) is 0 Å². The van der Waals surface area contributed by atoms with Crippen molar-refractivity contribution in [3.63, 3.8) is 0 Å². The van der Waals surface area contributed by atoms with Crippen molar-refractivity contribution in [2.75, 3.05) is 19.8 Å². The minimum atomic E-state index is -2.26. The van der Waals surface area contributed by atoms with Crippen LogP contribution in [0.1, 0.15) is 232 Å². The van der Waals surface area contributed by atoms with Crippen molar-refractivity contribution < 1.29 is 43.2 Å². The van der Waals surface area contributed by atoms with E-state index < -0.39 is 44.9 Å². The maximum absolute atomic E-state index is 14.1. The molecule has 10 nitrogen and oxygen atoms in total. The third-order valence-corrected chi connectivity index (χ3v) is 17.9. The molecule has 372 valence electrons. The van der Waals surface area contributed by atoms with E-state index in [1.165, 1.54) is 122 Å². The second-order valence-corrected chi connectivity index (χ2v) is 25.0. The van der Waals surface area contributed by atoms with E-state index in [1.54, 1.807) is 18.2 Å². The predicted octanol–water partition coefficient (Wildman–Crippen LogP) is 13.5. The highest BCUT2D eigenvalue weighted by Crippen LogP contribution is 2.37. The number of benzene rings is 1. The molecule has 5 atom stereocenters. The zero-order valence-electron chi connectivity index (χ0n) is 42.3. The van der Waals surface area contributed by atoms with Gasteiger partial charge in [0.25, 0.3) is 0 Å². The Morgan fingerprint density at radius 1 is 0.641 bits per heavy atom. The molecule has 0 aromatic heterocycles. The summed E-state index contributed by atoms with van der Waals surface area (Å²) >= 11 is 0. The van der Waals surface area contributed by atoms with Gasteiger partial charge in [-0.05, 0) is 55.6 Å². The van der Waals surface area contributed by atoms with Gasteiger partial charge < -0.3 is 38.9 Å². The Hall–Kier alpha value is -2.18. The van der Waals surface area contributed by atoms with Gasteiger partial charge in [-0.1, -0.05) is 196 Å². The Kier molecular flexibility index (Phi) is 30.9. The van der Waals surface area contributed by atoms with Gasteiger partial charge in [0.1, 0.15) is 18.2 Å². The Balaban J connectivity index is 2.16. The Morgan fingerprint density at radius 2 is 1.08 bits per heavy atom. The van der Waals surface area contributed by atoms with Crippen LogP contribution in [0.4, 0.5) is 0 Å². The summed E-state index contributed by atoms with van der Waals surface area (Å²) in [5.74, 6) is 0.0544. The second-order valence-electron chi connectivity index (χ2n) is 20.2. The van der Waals surface area contributed by atoms with E-state index in [0.717, 1.165) is 44.9 Å². The lowest BCUT2D eigenvalue weighted by Crippen LogP contribution is -2.65. The van der Waals surface area contributed by atoms with E-state index >= 15 is 0 Å². The summed E-state index contributed by atoms with van der Waals surface area (Å²) in [7, 11) is -2.26. The average Bonchev–Trinajstić information content (AvgIpc) is 3.26. The zero-order valence-corrected chi connectivity index (χ0v) is 43.3. The van der Waals surface area contributed by atoms with Crippen LogP contribution in [-0.2, 0) is 18.7 Å². The van der Waals surface area contributed by atoms with Gasteiger partial charge in [-0.25, -0.2) is 4.79 Å². The van der Waals surface area contributed by atoms with Crippen LogP contribution >= 0.6 is 0 Å². The lowest BCUT2D eigenvalue weighted by Gasteiger charge is -2.44. The highest BCUT2D eigenvalue weighted by atomic mass is 28.4. The van der Waals surface area contributed by atoms with E-state index in [-0.39, 0.29) is 29.5 Å². The number of amides is 1. The van der Waals surface area contributed by atoms with Gasteiger partial charge in [-0.15, -0.1) is 0 Å². The van der Waals surface area contributed by atoms with E-state index in [2.05, 4.69) is 60.0 Å². The molecule has 0 radical (unpaired) electrons. The van der Waals surface area contributed by atoms with E-state index in [4.69, 9.17) is 23.4 Å². The molecule has 1 unspecified atom stereocenters. The van der Waals surface area contributed by atoms with Crippen LogP contribution in [0.5, 0.6) is 11.5 Å². The van der Waals surface area contributed by atoms with Crippen LogP contribution in [0.3, 0.4) is 0 Å². The summed E-state index contributed by atoms with van der Waals surface area (Å²) in [6.45, 7) is 18.3. The average molecular weight is 920 g/mol. The van der Waals surface area contributed by atoms with Crippen LogP contribution in [0.15, 0.2) is 18.2 Å². The molecular weight excluding hydrogens is 823 g/mol. The smallest absolute Gasteiger partial charge is 0.338 e. The van der Waals surface area contributed by atoms with Crippen LogP contribution in [-0.4, -0.2) is 80.9 Å². The Bertz CT molecular complexity index is 1350. The number of carbonyl (C=O) groups excluding carboxylic acids is 2. The van der Waals surface area contributed by atoms with Gasteiger partial charge in [-0.2, -0.15) is 0 Å². The van der Waals surface area contributed by atoms with Crippen LogP contribution in [0, 0.1) is 0 Å². The summed E-state index contributed by atoms with van der Waals surface area (Å²) in [6.07, 6.45) is 27.0. The van der Waals surface area contributed by atoms with Crippen molar-refractivity contribution in [1.82, 2.24) is 5.32 Å². The summed E-state index contributed by atoms with van der Waals surface area (Å²) in [4.78, 5) is 27.4. The maximum Gasteiger partial charge on any atom is 0.338 e. The number of rotatable bonds is 38. The number of aliphatic hydroxyl groups excluding tert-OH is 2. The molecule has 11 heteroatoms. The topological polar surface area (TPSA) is 133 Å². The van der Waals surface area contributed by atoms with E-state index in [0.29, 0.717) is 31.1 Å². The fourth-order valence-electron chi connectivity index (χ4n) is 7.97. The van der Waals surface area contributed by atoms with Crippen LogP contribution < -0.4 is 14.8 Å². The molecule has 1 aliphatic rings. The summed E-state index contributed by atoms with van der Waals surface area (Å²) in [5, 5.41) is 25.9. The molecule has 1 aromatic carbocycles. The van der Waals surface area contributed by atoms with Crippen molar-refractivity contribution in [2.45, 2.75) is 270 Å². The second kappa shape index (κ2) is 34.2. The van der Waals surface area contributed by atoms with Gasteiger partial charge in [0, 0.05) is 6.42 Å². The van der Waals surface area contributed by atoms with Crippen molar-refractivity contribution in [1.29, 1.82) is 0 Å². The normalized spacial score (nSPS) is 19.1. The first-order valence-corrected chi connectivity index (χ1v) is 29.2. The van der Waals surface area contributed by atoms with E-state index in [1.807, 2.05) is 0 Å². The van der Waals surface area contributed by atoms with Crippen LogP contribution in [0.2, 0.25) is 18.1 Å². The fraction of sp³-hybridized carbons (Fsp3) is 0.849. The molecule has 1 aromatic rings. The first kappa shape index (κ1) is 57.9. The molecule has 0 bridgehead atoms. The zero-order chi connectivity index (χ0) is 47.1. The number of esters is 1. The molecule has 0 saturated carbocycles. The molecule has 1 fully saturated rings. The number of nitrogens with one attached hydrogen (secondary N) is 1. The molecular formula is C53H97NO9Si. The minimum absolute atomic E-state index is 0.00377. The van der Waals surface area contributed by atoms with E-state index in [9.17, 15) is 19.8 Å². The number of ether oxygens (including phenoxy) is 4. The third kappa shape index (κ3) is 24.0. The molecule has 0 spiro atoms. The SMILES string of the molecule is CCCCCCCCCCCCCC(=O)N[C@H]1C(O)O[C@H](CO[Si](C)(C)C(C)(C)C)[C@@H](O)[C@@H]1OC(=O)c1ccc(OCCCCCCCCCC)c(OCCCCCCCCCC)c1. The summed E-state index contributed by atoms with van der Waals surface area (Å²) < 4.78 is 30.9. The lowest BCUT2D eigenvalue weighted by molar-refractivity contribution is -0.252. The number of aliphatic hydroxyl groups is 2. The van der Waals surface area contributed by atoms with Gasteiger partial charge in [0.15, 0.2) is 32.2 Å². The molecule has 0 aliphatic carbocycles. The van der Waals surface area contributed by atoms with Crippen molar-refractivity contribution in [2.24, 2.45) is 0 Å². The summed E-state index contributed by atoms with van der Waals surface area (Å²) in [5.41, 5.74) is 0.221. The molecule has 3 N–H and O–H groups in total. The number of unbranched alkanes of at least 4 members (excludes halogenated alkanes) is 24. The largest absolute Gasteiger partial charge is 0.490 e. The highest BCUT2D eigenvalue weighted by Gasteiger charge is 2.49. The van der Waals surface area contributed by atoms with Gasteiger partial charge in [0.2, 0.25) is 5.91 Å². The monoisotopic (exact) mass is 920 g/mol. The number of hydrogen-bond acceptors (Lipinski definition) is 9. The molecule has 1 aliphatic heterocycles. The molecule has 1 saturated heterocycles. The Labute approximate surface area is 392 Å².